The van der Waals surface area contributed by atoms with E-state index < -0.39 is 29.8 Å². The second-order valence-electron chi connectivity index (χ2n) is 8.98. The molecule has 2 aliphatic heterocycles. The maximum absolute atomic E-state index is 13.1. The number of pyridine rings is 2. The number of aromatic nitrogens is 2. The zero-order chi connectivity index (χ0) is 26.3. The number of fused-ring (bicyclic) bond motifs is 3. The molecule has 1 fully saturated rings. The van der Waals surface area contributed by atoms with Crippen LogP contribution in [0.3, 0.4) is 0 Å². The predicted octanol–water partition coefficient (Wildman–Crippen LogP) is 5.18. The number of hydrogen-bond acceptors (Lipinski definition) is 6. The van der Waals surface area contributed by atoms with Crippen molar-refractivity contribution in [1.29, 1.82) is 0 Å². The third-order valence-corrected chi connectivity index (χ3v) is 6.55. The Hall–Kier alpha value is -3.99. The summed E-state index contributed by atoms with van der Waals surface area (Å²) in [5, 5.41) is 2.63. The van der Waals surface area contributed by atoms with Gasteiger partial charge in [-0.3, -0.25) is 14.7 Å². The number of hydrogen-bond donors (Lipinski definition) is 1. The third-order valence-electron chi connectivity index (χ3n) is 6.55. The van der Waals surface area contributed by atoms with E-state index in [0.29, 0.717) is 48.0 Å². The lowest BCUT2D eigenvalue weighted by molar-refractivity contribution is -0.137. The van der Waals surface area contributed by atoms with Gasteiger partial charge in [-0.05, 0) is 43.7 Å². The average Bonchev–Trinajstić information content (AvgIpc) is 2.98. The van der Waals surface area contributed by atoms with E-state index in [1.54, 1.807) is 26.2 Å². The van der Waals surface area contributed by atoms with Gasteiger partial charge < -0.3 is 14.8 Å². The highest BCUT2D eigenvalue weighted by atomic mass is 19.4. The van der Waals surface area contributed by atoms with E-state index in [0.717, 1.165) is 17.7 Å². The Labute approximate surface area is 210 Å². The monoisotopic (exact) mass is 512 g/mol. The summed E-state index contributed by atoms with van der Waals surface area (Å²) >= 11 is 0. The van der Waals surface area contributed by atoms with Crippen molar-refractivity contribution in [3.05, 3.63) is 71.2 Å². The first-order valence-corrected chi connectivity index (χ1v) is 11.6. The number of benzene rings is 1. The molecule has 0 aliphatic carbocycles. The van der Waals surface area contributed by atoms with Crippen LogP contribution < -0.4 is 10.2 Å². The van der Waals surface area contributed by atoms with E-state index in [-0.39, 0.29) is 11.5 Å². The van der Waals surface area contributed by atoms with Crippen molar-refractivity contribution in [2.75, 3.05) is 30.5 Å². The second-order valence-corrected chi connectivity index (χ2v) is 8.98. The predicted molar refractivity (Wildman–Crippen MR) is 128 cm³/mol. The van der Waals surface area contributed by atoms with Crippen LogP contribution in [0.4, 0.5) is 29.5 Å². The molecule has 0 bridgehead atoms. The normalized spacial score (nSPS) is 19.4. The van der Waals surface area contributed by atoms with Crippen molar-refractivity contribution in [1.82, 2.24) is 9.97 Å². The number of nitrogens with one attached hydrogen (secondary N) is 1. The lowest BCUT2D eigenvalue weighted by Crippen LogP contribution is -2.35. The molecule has 4 heterocycles. The van der Waals surface area contributed by atoms with Crippen LogP contribution in [-0.2, 0) is 15.7 Å². The third kappa shape index (κ3) is 4.86. The number of ether oxygens (including phenoxy) is 2. The van der Waals surface area contributed by atoms with Crippen LogP contribution in [0, 0.1) is 6.92 Å². The highest BCUT2D eigenvalue weighted by Crippen LogP contribution is 2.40. The molecule has 0 spiro atoms. The minimum atomic E-state index is -4.56. The van der Waals surface area contributed by atoms with E-state index in [9.17, 15) is 22.8 Å². The molecule has 3 aromatic rings. The van der Waals surface area contributed by atoms with E-state index in [1.165, 1.54) is 23.2 Å². The molecular formula is C26H23F3N4O4. The summed E-state index contributed by atoms with van der Waals surface area (Å²) in [5.74, 6) is -0.282. The Morgan fingerprint density at radius 1 is 1.16 bits per heavy atom. The fourth-order valence-electron chi connectivity index (χ4n) is 4.59. The minimum absolute atomic E-state index is 0.0952. The number of carbonyl (C=O) groups is 2. The molecule has 2 amide bonds. The summed E-state index contributed by atoms with van der Waals surface area (Å²) < 4.78 is 50.3. The summed E-state index contributed by atoms with van der Waals surface area (Å²) in [6.07, 6.45) is -1.77. The van der Waals surface area contributed by atoms with Crippen LogP contribution in [0.1, 0.15) is 39.5 Å². The number of aryl methyl sites for hydroxylation is 1. The maximum Gasteiger partial charge on any atom is 0.416 e. The SMILES string of the molecule is Cc1ncc(NC(=O)c2cccc(C(F)(F)F)c2)cc1-c1cnc2c(c1)C1CCOCC1OC(=O)N2C. The number of amides is 2. The molecule has 37 heavy (non-hydrogen) atoms. The van der Waals surface area contributed by atoms with Gasteiger partial charge >= 0.3 is 12.3 Å². The van der Waals surface area contributed by atoms with Crippen LogP contribution >= 0.6 is 0 Å². The Bertz CT molecular complexity index is 1380. The largest absolute Gasteiger partial charge is 0.443 e. The highest BCUT2D eigenvalue weighted by molar-refractivity contribution is 6.04. The first-order valence-electron chi connectivity index (χ1n) is 11.6. The average molecular weight is 512 g/mol. The first kappa shape index (κ1) is 24.7. The number of nitrogens with zero attached hydrogens (tertiary/aromatic N) is 3. The van der Waals surface area contributed by atoms with Crippen LogP contribution in [-0.4, -0.2) is 48.3 Å². The van der Waals surface area contributed by atoms with Gasteiger partial charge in [0.15, 0.2) is 0 Å². The molecule has 2 atom stereocenters. The highest BCUT2D eigenvalue weighted by Gasteiger charge is 2.38. The Kier molecular flexibility index (Phi) is 6.32. The van der Waals surface area contributed by atoms with Crippen LogP contribution in [0.5, 0.6) is 0 Å². The molecule has 2 aliphatic rings. The van der Waals surface area contributed by atoms with Gasteiger partial charge in [-0.15, -0.1) is 0 Å². The van der Waals surface area contributed by atoms with Crippen molar-refractivity contribution >= 4 is 23.5 Å². The van der Waals surface area contributed by atoms with Crippen molar-refractivity contribution in [2.24, 2.45) is 0 Å². The summed E-state index contributed by atoms with van der Waals surface area (Å²) in [4.78, 5) is 35.5. The lowest BCUT2D eigenvalue weighted by Gasteiger charge is -2.29. The molecular weight excluding hydrogens is 489 g/mol. The number of carbonyl (C=O) groups excluding carboxylic acids is 2. The summed E-state index contributed by atoms with van der Waals surface area (Å²) in [6.45, 7) is 2.63. The van der Waals surface area contributed by atoms with Gasteiger partial charge in [-0.2, -0.15) is 13.2 Å². The molecule has 1 aromatic carbocycles. The molecule has 1 saturated heterocycles. The topological polar surface area (TPSA) is 93.6 Å². The van der Waals surface area contributed by atoms with Gasteiger partial charge in [0, 0.05) is 53.7 Å². The Balaban J connectivity index is 1.47. The molecule has 5 rings (SSSR count). The summed E-state index contributed by atoms with van der Waals surface area (Å²) in [7, 11) is 1.60. The molecule has 0 radical (unpaired) electrons. The standard InChI is InChI=1S/C26H23F3N4O4/c1-14-20(10-18(12-30-14)32-24(34)15-4-3-5-17(8-15)26(27,28)29)16-9-21-19-6-7-36-13-22(19)37-25(35)33(2)23(21)31-11-16/h3-5,8-12,19,22H,6-7,13H2,1-2H3,(H,32,34). The number of rotatable bonds is 3. The van der Waals surface area contributed by atoms with Crippen LogP contribution in [0.2, 0.25) is 0 Å². The van der Waals surface area contributed by atoms with Crippen molar-refractivity contribution in [3.8, 4) is 11.1 Å². The van der Waals surface area contributed by atoms with Gasteiger partial charge in [-0.1, -0.05) is 6.07 Å². The van der Waals surface area contributed by atoms with Gasteiger partial charge in [0.25, 0.3) is 5.91 Å². The van der Waals surface area contributed by atoms with Crippen molar-refractivity contribution in [3.63, 3.8) is 0 Å². The number of anilines is 2. The molecule has 1 N–H and O–H groups in total. The van der Waals surface area contributed by atoms with Gasteiger partial charge in [0.1, 0.15) is 11.9 Å². The molecule has 0 saturated carbocycles. The number of alkyl halides is 3. The maximum atomic E-state index is 13.1. The van der Waals surface area contributed by atoms with E-state index >= 15 is 0 Å². The van der Waals surface area contributed by atoms with Gasteiger partial charge in [0.05, 0.1) is 24.1 Å². The first-order chi connectivity index (χ1) is 17.6. The van der Waals surface area contributed by atoms with Crippen molar-refractivity contribution < 1.29 is 32.2 Å². The smallest absolute Gasteiger partial charge is 0.416 e. The molecule has 2 aromatic heterocycles. The van der Waals surface area contributed by atoms with Gasteiger partial charge in [0.2, 0.25) is 0 Å². The molecule has 11 heteroatoms. The summed E-state index contributed by atoms with van der Waals surface area (Å²) in [5.41, 5.74) is 2.19. The molecule has 8 nitrogen and oxygen atoms in total. The zero-order valence-electron chi connectivity index (χ0n) is 20.0. The van der Waals surface area contributed by atoms with Crippen LogP contribution in [0.25, 0.3) is 11.1 Å². The van der Waals surface area contributed by atoms with E-state index in [1.807, 2.05) is 6.07 Å². The molecule has 2 unspecified atom stereocenters. The quantitative estimate of drug-likeness (QED) is 0.520. The van der Waals surface area contributed by atoms with Crippen LogP contribution in [0.15, 0.2) is 48.8 Å². The Morgan fingerprint density at radius 3 is 2.76 bits per heavy atom. The summed E-state index contributed by atoms with van der Waals surface area (Å²) in [6, 6.07) is 7.85. The van der Waals surface area contributed by atoms with E-state index in [2.05, 4.69) is 15.3 Å². The van der Waals surface area contributed by atoms with Crippen molar-refractivity contribution in [2.45, 2.75) is 31.5 Å². The zero-order valence-corrected chi connectivity index (χ0v) is 20.0. The number of halogens is 3. The fourth-order valence-corrected chi connectivity index (χ4v) is 4.59. The van der Waals surface area contributed by atoms with Gasteiger partial charge in [-0.25, -0.2) is 9.78 Å². The minimum Gasteiger partial charge on any atom is -0.443 e. The second kappa shape index (κ2) is 9.47. The molecule has 192 valence electrons. The fraction of sp³-hybridized carbons (Fsp3) is 0.308. The van der Waals surface area contributed by atoms with E-state index in [4.69, 9.17) is 9.47 Å². The Morgan fingerprint density at radius 2 is 1.97 bits per heavy atom. The lowest BCUT2D eigenvalue weighted by atomic mass is 9.88.